The Bertz CT molecular complexity index is 1460. The molecule has 4 rings (SSSR count). The third-order valence-corrected chi connectivity index (χ3v) is 9.64. The van der Waals surface area contributed by atoms with E-state index in [2.05, 4.69) is 4.72 Å². The minimum atomic E-state index is -3.76. The van der Waals surface area contributed by atoms with Crippen LogP contribution in [0.3, 0.4) is 0 Å². The zero-order valence-corrected chi connectivity index (χ0v) is 24.4. The first-order valence-electron chi connectivity index (χ1n) is 13.3. The number of esters is 1. The average Bonchev–Trinajstić information content (AvgIpc) is 3.20. The molecule has 10 heteroatoms. The summed E-state index contributed by atoms with van der Waals surface area (Å²) < 4.78 is 36.1. The predicted molar refractivity (Wildman–Crippen MR) is 153 cm³/mol. The normalized spacial score (nSPS) is 17.8. The van der Waals surface area contributed by atoms with Crippen LogP contribution in [-0.2, 0) is 37.8 Å². The van der Waals surface area contributed by atoms with Crippen LogP contribution in [0.5, 0.6) is 0 Å². The number of ether oxygens (including phenoxy) is 1. The van der Waals surface area contributed by atoms with Gasteiger partial charge in [0.2, 0.25) is 15.9 Å². The molecule has 0 bridgehead atoms. The van der Waals surface area contributed by atoms with Gasteiger partial charge < -0.3 is 14.2 Å². The topological polar surface area (TPSA) is 97.7 Å². The summed E-state index contributed by atoms with van der Waals surface area (Å²) in [7, 11) is 1.29. The summed E-state index contributed by atoms with van der Waals surface area (Å²) in [4.78, 5) is 25.8. The molecule has 1 aliphatic carbocycles. The first-order valence-corrected chi connectivity index (χ1v) is 15.1. The Kier molecular flexibility index (Phi) is 9.03. The van der Waals surface area contributed by atoms with Crippen LogP contribution in [-0.4, -0.2) is 56.5 Å². The average molecular weight is 574 g/mol. The molecule has 1 saturated carbocycles. The highest BCUT2D eigenvalue weighted by Gasteiger charge is 2.30. The van der Waals surface area contributed by atoms with Gasteiger partial charge in [0.25, 0.3) is 0 Å². The molecule has 1 heterocycles. The number of methoxy groups -OCH3 is 1. The number of carbonyl (C=O) groups is 2. The summed E-state index contributed by atoms with van der Waals surface area (Å²) in [5.74, 6) is -0.159. The first-order chi connectivity index (χ1) is 18.6. The van der Waals surface area contributed by atoms with Crippen molar-refractivity contribution < 1.29 is 22.7 Å². The van der Waals surface area contributed by atoms with Gasteiger partial charge >= 0.3 is 5.97 Å². The Morgan fingerprint density at radius 2 is 1.77 bits per heavy atom. The smallest absolute Gasteiger partial charge is 0.305 e. The molecule has 3 aromatic rings. The minimum Gasteiger partial charge on any atom is -0.469 e. The summed E-state index contributed by atoms with van der Waals surface area (Å²) in [5, 5.41) is 1.31. The monoisotopic (exact) mass is 573 g/mol. The molecule has 0 saturated heterocycles. The molecule has 0 radical (unpaired) electrons. The van der Waals surface area contributed by atoms with Gasteiger partial charge in [0.1, 0.15) is 0 Å². The van der Waals surface area contributed by atoms with Gasteiger partial charge in [-0.3, -0.25) is 9.59 Å². The van der Waals surface area contributed by atoms with Crippen molar-refractivity contribution in [3.05, 3.63) is 53.1 Å². The fraction of sp³-hybridized carbons (Fsp3) is 0.448. The fourth-order valence-electron chi connectivity index (χ4n) is 5.25. The van der Waals surface area contributed by atoms with E-state index in [1.54, 1.807) is 30.1 Å². The van der Waals surface area contributed by atoms with Crippen molar-refractivity contribution in [2.45, 2.75) is 56.4 Å². The van der Waals surface area contributed by atoms with Crippen LogP contribution in [0.25, 0.3) is 22.2 Å². The van der Waals surface area contributed by atoms with Gasteiger partial charge in [0.05, 0.1) is 28.2 Å². The molecule has 0 atom stereocenters. The van der Waals surface area contributed by atoms with Crippen molar-refractivity contribution in [2.75, 3.05) is 20.7 Å². The van der Waals surface area contributed by atoms with E-state index in [4.69, 9.17) is 16.3 Å². The summed E-state index contributed by atoms with van der Waals surface area (Å²) in [6, 6.07) is 12.6. The zero-order valence-electron chi connectivity index (χ0n) is 22.9. The predicted octanol–water partition coefficient (Wildman–Crippen LogP) is 4.92. The summed E-state index contributed by atoms with van der Waals surface area (Å²) >= 11 is 6.77. The molecule has 2 aromatic carbocycles. The van der Waals surface area contributed by atoms with Crippen LogP contribution >= 0.6 is 11.6 Å². The van der Waals surface area contributed by atoms with E-state index in [1.807, 2.05) is 42.8 Å². The second kappa shape index (κ2) is 12.1. The molecular formula is C29H36ClN3O5S. The Balaban J connectivity index is 1.51. The van der Waals surface area contributed by atoms with Gasteiger partial charge in [-0.15, -0.1) is 0 Å². The van der Waals surface area contributed by atoms with Crippen LogP contribution in [0.15, 0.2) is 47.4 Å². The third kappa shape index (κ3) is 6.31. The van der Waals surface area contributed by atoms with E-state index >= 15 is 0 Å². The molecular weight excluding hydrogens is 538 g/mol. The highest BCUT2D eigenvalue weighted by Crippen LogP contribution is 2.38. The number of hydrogen-bond acceptors (Lipinski definition) is 5. The SMILES string of the molecule is CCN(C)C(=O)[C@H]1CC[C@H](NS(=O)(=O)c2ccc3c(Cl)c(-c4ccc(CCC(=O)OC)cc4)n(C)c3c2)CC1. The lowest BCUT2D eigenvalue weighted by Crippen LogP contribution is -2.41. The van der Waals surface area contributed by atoms with Crippen LogP contribution in [0.2, 0.25) is 5.02 Å². The minimum absolute atomic E-state index is 0.0436. The second-order valence-corrected chi connectivity index (χ2v) is 12.3. The number of halogens is 1. The molecule has 8 nitrogen and oxygen atoms in total. The van der Waals surface area contributed by atoms with E-state index in [-0.39, 0.29) is 28.7 Å². The molecule has 1 fully saturated rings. The molecule has 1 N–H and O–H groups in total. The Morgan fingerprint density at radius 3 is 2.38 bits per heavy atom. The molecule has 0 unspecified atom stereocenters. The Labute approximate surface area is 235 Å². The number of hydrogen-bond donors (Lipinski definition) is 1. The second-order valence-electron chi connectivity index (χ2n) is 10.2. The summed E-state index contributed by atoms with van der Waals surface area (Å²) in [5.41, 5.74) is 3.40. The third-order valence-electron chi connectivity index (χ3n) is 7.74. The van der Waals surface area contributed by atoms with Crippen molar-refractivity contribution >= 4 is 44.4 Å². The first kappa shape index (κ1) is 29.1. The fourth-order valence-corrected chi connectivity index (χ4v) is 6.97. The molecule has 39 heavy (non-hydrogen) atoms. The van der Waals surface area contributed by atoms with Gasteiger partial charge in [-0.1, -0.05) is 35.9 Å². The Morgan fingerprint density at radius 1 is 1.10 bits per heavy atom. The summed E-state index contributed by atoms with van der Waals surface area (Å²) in [6.45, 7) is 2.62. The van der Waals surface area contributed by atoms with E-state index < -0.39 is 10.0 Å². The maximum absolute atomic E-state index is 13.3. The molecule has 210 valence electrons. The van der Waals surface area contributed by atoms with Crippen molar-refractivity contribution in [1.82, 2.24) is 14.2 Å². The van der Waals surface area contributed by atoms with Crippen molar-refractivity contribution in [2.24, 2.45) is 13.0 Å². The zero-order chi connectivity index (χ0) is 28.3. The lowest BCUT2D eigenvalue weighted by molar-refractivity contribution is -0.140. The number of fused-ring (bicyclic) bond motifs is 1. The number of aryl methyl sites for hydroxylation is 2. The quantitative estimate of drug-likeness (QED) is 0.366. The largest absolute Gasteiger partial charge is 0.469 e. The number of aromatic nitrogens is 1. The van der Waals surface area contributed by atoms with Gasteiger partial charge in [-0.25, -0.2) is 13.1 Å². The Hall–Kier alpha value is -2.88. The van der Waals surface area contributed by atoms with Crippen molar-refractivity contribution in [1.29, 1.82) is 0 Å². The number of nitrogens with one attached hydrogen (secondary N) is 1. The molecule has 0 spiro atoms. The maximum Gasteiger partial charge on any atom is 0.305 e. The molecule has 1 aromatic heterocycles. The number of benzene rings is 2. The standard InChI is InChI=1S/C29H36ClN3O5S/c1-5-32(2)29(35)21-11-13-22(14-12-21)31-39(36,37)23-15-16-24-25(18-23)33(3)28(27(24)30)20-9-6-19(7-10-20)8-17-26(34)38-4/h6-7,9-10,15-16,18,21-22,31H,5,8,11-14,17H2,1-4H3/t21-,22-. The van der Waals surface area contributed by atoms with Crippen LogP contribution in [0.4, 0.5) is 0 Å². The van der Waals surface area contributed by atoms with Crippen LogP contribution in [0, 0.1) is 5.92 Å². The van der Waals surface area contributed by atoms with E-state index in [0.717, 1.165) is 22.2 Å². The lowest BCUT2D eigenvalue weighted by atomic mass is 9.85. The van der Waals surface area contributed by atoms with E-state index in [0.29, 0.717) is 55.6 Å². The number of nitrogens with zero attached hydrogens (tertiary/aromatic N) is 2. The van der Waals surface area contributed by atoms with Crippen LogP contribution < -0.4 is 4.72 Å². The highest BCUT2D eigenvalue weighted by molar-refractivity contribution is 7.89. The number of carbonyl (C=O) groups excluding carboxylic acids is 2. The lowest BCUT2D eigenvalue weighted by Gasteiger charge is -2.30. The van der Waals surface area contributed by atoms with Gasteiger partial charge in [-0.2, -0.15) is 0 Å². The number of amides is 1. The molecule has 0 aliphatic heterocycles. The van der Waals surface area contributed by atoms with Gasteiger partial charge in [0, 0.05) is 44.4 Å². The number of rotatable bonds is 9. The highest BCUT2D eigenvalue weighted by atomic mass is 35.5. The van der Waals surface area contributed by atoms with Gasteiger partial charge in [0.15, 0.2) is 0 Å². The van der Waals surface area contributed by atoms with Gasteiger partial charge in [-0.05, 0) is 68.4 Å². The van der Waals surface area contributed by atoms with Crippen molar-refractivity contribution in [3.8, 4) is 11.3 Å². The number of sulfonamides is 1. The van der Waals surface area contributed by atoms with Crippen molar-refractivity contribution in [3.63, 3.8) is 0 Å². The molecule has 1 aliphatic rings. The van der Waals surface area contributed by atoms with E-state index in [9.17, 15) is 18.0 Å². The molecule has 1 amide bonds. The summed E-state index contributed by atoms with van der Waals surface area (Å²) in [6.07, 6.45) is 3.50. The van der Waals surface area contributed by atoms with Crippen LogP contribution in [0.1, 0.15) is 44.6 Å². The van der Waals surface area contributed by atoms with E-state index in [1.165, 1.54) is 7.11 Å². The maximum atomic E-state index is 13.3.